The van der Waals surface area contributed by atoms with E-state index in [1.807, 2.05) is 0 Å². The highest BCUT2D eigenvalue weighted by atomic mass is 16.7. The van der Waals surface area contributed by atoms with Gasteiger partial charge in [-0.2, -0.15) is 0 Å². The van der Waals surface area contributed by atoms with Crippen LogP contribution in [0.5, 0.6) is 0 Å². The highest BCUT2D eigenvalue weighted by Crippen LogP contribution is 2.64. The topological polar surface area (TPSA) is 157 Å². The Bertz CT molecular complexity index is 830. The van der Waals surface area contributed by atoms with E-state index < -0.39 is 54.8 Å². The quantitative estimate of drug-likeness (QED) is 0.296. The Morgan fingerprint density at radius 3 is 2.46 bits per heavy atom. The molecule has 4 aliphatic rings. The molecule has 1 heterocycles. The minimum absolute atomic E-state index is 0.0378. The lowest BCUT2D eigenvalue weighted by atomic mass is 9.45. The summed E-state index contributed by atoms with van der Waals surface area (Å²) in [5.41, 5.74) is 0.0262. The van der Waals surface area contributed by atoms with Crippen molar-refractivity contribution in [2.24, 2.45) is 28.1 Å². The summed E-state index contributed by atoms with van der Waals surface area (Å²) in [4.78, 5) is 12.2. The number of fused-ring (bicyclic) bond motifs is 3. The van der Waals surface area contributed by atoms with E-state index in [2.05, 4.69) is 19.9 Å². The minimum Gasteiger partial charge on any atom is -0.481 e. The summed E-state index contributed by atoms with van der Waals surface area (Å²) in [7, 11) is 0. The highest BCUT2D eigenvalue weighted by molar-refractivity contribution is 5.76. The number of carboxylic acid groups (broad SMARTS) is 1. The van der Waals surface area contributed by atoms with E-state index in [-0.39, 0.29) is 16.7 Å². The molecule has 1 aliphatic heterocycles. The zero-order valence-corrected chi connectivity index (χ0v) is 21.0. The molecule has 11 atom stereocenters. The number of hydrogen-bond donors (Lipinski definition) is 6. The van der Waals surface area contributed by atoms with Gasteiger partial charge in [0.2, 0.25) is 0 Å². The third-order valence-corrected chi connectivity index (χ3v) is 9.99. The number of carboxylic acids is 1. The van der Waals surface area contributed by atoms with Crippen LogP contribution < -0.4 is 0 Å². The van der Waals surface area contributed by atoms with Gasteiger partial charge < -0.3 is 40.1 Å². The zero-order valence-electron chi connectivity index (χ0n) is 21.0. The molecule has 9 heteroatoms. The fourth-order valence-electron chi connectivity index (χ4n) is 7.52. The molecule has 0 bridgehead atoms. The zero-order chi connectivity index (χ0) is 25.8. The fraction of sp³-hybridized carbons (Fsp3) is 0.885. The second-order valence-electron chi connectivity index (χ2n) is 12.1. The van der Waals surface area contributed by atoms with Crippen molar-refractivity contribution in [2.45, 2.75) is 103 Å². The normalized spacial score (nSPS) is 50.1. The molecule has 2 saturated carbocycles. The van der Waals surface area contributed by atoms with E-state index in [1.54, 1.807) is 6.92 Å². The Kier molecular flexibility index (Phi) is 7.45. The maximum Gasteiger partial charge on any atom is 0.312 e. The summed E-state index contributed by atoms with van der Waals surface area (Å²) >= 11 is 0. The second-order valence-corrected chi connectivity index (χ2v) is 12.1. The number of aliphatic hydroxyl groups is 5. The number of aliphatic hydroxyl groups excluding tert-OH is 5. The van der Waals surface area contributed by atoms with Crippen LogP contribution in [-0.4, -0.2) is 86.6 Å². The first-order chi connectivity index (χ1) is 16.4. The standard InChI is InChI=1S/C26H42O9/c1-24(10-11-34-22-21(31)20(30)19(29)16(13-27)35-22)8-6-15-14(12-24)4-5-17-25(15,2)9-7-18(28)26(17,3)23(32)33/h4,15-22,27-31H,5-13H2,1-3H3,(H,32,33)/t15-,16+,17+,18-,19+,20-,21-,22-,24+,25+,26+/m0/s1. The first-order valence-corrected chi connectivity index (χ1v) is 12.9. The van der Waals surface area contributed by atoms with Gasteiger partial charge in [0.15, 0.2) is 6.29 Å². The minimum atomic E-state index is -1.46. The predicted molar refractivity (Wildman–Crippen MR) is 125 cm³/mol. The van der Waals surface area contributed by atoms with Crippen LogP contribution in [0.3, 0.4) is 0 Å². The van der Waals surface area contributed by atoms with Gasteiger partial charge in [-0.1, -0.05) is 25.5 Å². The lowest BCUT2D eigenvalue weighted by Gasteiger charge is -2.60. The SMILES string of the molecule is C[C@]1(CCO[C@H]2O[C@H](CO)[C@@H](O)[C@H](O)[C@@H]2O)CC[C@H]2C(=CC[C@@H]3[C@]2(C)CC[C@H](O)[C@]3(C)C(=O)O)C1. The van der Waals surface area contributed by atoms with Gasteiger partial charge in [0, 0.05) is 0 Å². The van der Waals surface area contributed by atoms with Crippen LogP contribution in [-0.2, 0) is 14.3 Å². The van der Waals surface area contributed by atoms with E-state index in [0.29, 0.717) is 31.8 Å². The van der Waals surface area contributed by atoms with Gasteiger partial charge in [0.25, 0.3) is 0 Å². The molecule has 3 aliphatic carbocycles. The average Bonchev–Trinajstić information content (AvgIpc) is 2.81. The smallest absolute Gasteiger partial charge is 0.312 e. The van der Waals surface area contributed by atoms with Gasteiger partial charge >= 0.3 is 5.97 Å². The van der Waals surface area contributed by atoms with Gasteiger partial charge in [0.1, 0.15) is 24.4 Å². The Hall–Kier alpha value is -1.07. The second kappa shape index (κ2) is 9.67. The third-order valence-electron chi connectivity index (χ3n) is 9.99. The summed E-state index contributed by atoms with van der Waals surface area (Å²) in [6, 6.07) is 0. The van der Waals surface area contributed by atoms with Crippen LogP contribution in [0.4, 0.5) is 0 Å². The molecule has 0 aromatic carbocycles. The van der Waals surface area contributed by atoms with Crippen molar-refractivity contribution in [2.75, 3.05) is 13.2 Å². The number of carbonyl (C=O) groups is 1. The van der Waals surface area contributed by atoms with Crippen LogP contribution in [0.25, 0.3) is 0 Å². The van der Waals surface area contributed by atoms with Crippen molar-refractivity contribution >= 4 is 5.97 Å². The van der Waals surface area contributed by atoms with Crippen molar-refractivity contribution in [3.05, 3.63) is 11.6 Å². The maximum atomic E-state index is 12.2. The molecule has 0 spiro atoms. The highest BCUT2D eigenvalue weighted by Gasteiger charge is 2.61. The summed E-state index contributed by atoms with van der Waals surface area (Å²) < 4.78 is 11.2. The van der Waals surface area contributed by atoms with E-state index in [0.717, 1.165) is 25.7 Å². The molecule has 6 N–H and O–H groups in total. The molecular weight excluding hydrogens is 456 g/mol. The third kappa shape index (κ3) is 4.47. The number of hydrogen-bond acceptors (Lipinski definition) is 8. The van der Waals surface area contributed by atoms with Crippen molar-refractivity contribution in [1.82, 2.24) is 0 Å². The molecule has 200 valence electrons. The van der Waals surface area contributed by atoms with Crippen molar-refractivity contribution in [1.29, 1.82) is 0 Å². The molecule has 0 unspecified atom stereocenters. The number of ether oxygens (including phenoxy) is 2. The molecule has 35 heavy (non-hydrogen) atoms. The molecular formula is C26H42O9. The Morgan fingerprint density at radius 1 is 1.09 bits per heavy atom. The monoisotopic (exact) mass is 498 g/mol. The Balaban J connectivity index is 1.41. The molecule has 9 nitrogen and oxygen atoms in total. The number of allylic oxidation sites excluding steroid dienone is 2. The summed E-state index contributed by atoms with van der Waals surface area (Å²) in [6.07, 6.45) is 0.457. The van der Waals surface area contributed by atoms with Crippen molar-refractivity contribution in [3.63, 3.8) is 0 Å². The van der Waals surface area contributed by atoms with Gasteiger partial charge in [-0.15, -0.1) is 0 Å². The van der Waals surface area contributed by atoms with Crippen LogP contribution in [0.1, 0.15) is 65.7 Å². The van der Waals surface area contributed by atoms with Crippen molar-refractivity contribution < 1.29 is 44.9 Å². The lowest BCUT2D eigenvalue weighted by molar-refractivity contribution is -0.302. The molecule has 1 saturated heterocycles. The van der Waals surface area contributed by atoms with Gasteiger partial charge in [-0.3, -0.25) is 4.79 Å². The number of aliphatic carboxylic acids is 1. The van der Waals surface area contributed by atoms with E-state index in [4.69, 9.17) is 9.47 Å². The summed E-state index contributed by atoms with van der Waals surface area (Å²) in [5, 5.41) is 60.1. The molecule has 4 rings (SSSR count). The lowest BCUT2D eigenvalue weighted by Crippen LogP contribution is -2.59. The Labute approximate surface area is 206 Å². The van der Waals surface area contributed by atoms with Crippen LogP contribution in [0.2, 0.25) is 0 Å². The van der Waals surface area contributed by atoms with Crippen molar-refractivity contribution in [3.8, 4) is 0 Å². The molecule has 0 aromatic rings. The Morgan fingerprint density at radius 2 is 1.80 bits per heavy atom. The van der Waals surface area contributed by atoms with E-state index in [9.17, 15) is 35.4 Å². The molecule has 0 radical (unpaired) electrons. The van der Waals surface area contributed by atoms with E-state index >= 15 is 0 Å². The fourth-order valence-corrected chi connectivity index (χ4v) is 7.52. The number of rotatable bonds is 6. The molecule has 3 fully saturated rings. The van der Waals surface area contributed by atoms with Crippen LogP contribution in [0.15, 0.2) is 11.6 Å². The average molecular weight is 499 g/mol. The summed E-state index contributed by atoms with van der Waals surface area (Å²) in [5.74, 6) is -0.723. The van der Waals surface area contributed by atoms with Crippen LogP contribution >= 0.6 is 0 Å². The summed E-state index contributed by atoms with van der Waals surface area (Å²) in [6.45, 7) is 5.94. The molecule has 0 aromatic heterocycles. The van der Waals surface area contributed by atoms with Gasteiger partial charge in [-0.05, 0) is 74.5 Å². The van der Waals surface area contributed by atoms with Crippen LogP contribution in [0, 0.1) is 28.1 Å². The van der Waals surface area contributed by atoms with E-state index in [1.165, 1.54) is 5.57 Å². The predicted octanol–water partition coefficient (Wildman–Crippen LogP) is 1.20. The van der Waals surface area contributed by atoms with Gasteiger partial charge in [-0.25, -0.2) is 0 Å². The molecule has 0 amide bonds. The first kappa shape index (κ1) is 27.0. The maximum absolute atomic E-state index is 12.2. The first-order valence-electron chi connectivity index (χ1n) is 12.9. The largest absolute Gasteiger partial charge is 0.481 e. The van der Waals surface area contributed by atoms with Gasteiger partial charge in [0.05, 0.1) is 24.7 Å².